The van der Waals surface area contributed by atoms with E-state index in [-0.39, 0.29) is 5.56 Å². The Morgan fingerprint density at radius 1 is 1.33 bits per heavy atom. The standard InChI is InChI=1S/C13H15N3O2/c1-7-4-9(13(17)18)5-10(8(7)2)11-6-12(14)16(3)15-11/h4-6H,14H2,1-3H3,(H,17,18). The average molecular weight is 245 g/mol. The van der Waals surface area contributed by atoms with Gasteiger partial charge >= 0.3 is 5.97 Å². The molecular weight excluding hydrogens is 230 g/mol. The van der Waals surface area contributed by atoms with Crippen molar-refractivity contribution in [3.63, 3.8) is 0 Å². The summed E-state index contributed by atoms with van der Waals surface area (Å²) in [4.78, 5) is 11.1. The first-order valence-electron chi connectivity index (χ1n) is 5.54. The lowest BCUT2D eigenvalue weighted by atomic mass is 9.97. The lowest BCUT2D eigenvalue weighted by Gasteiger charge is -2.08. The van der Waals surface area contributed by atoms with Crippen LogP contribution in [0.1, 0.15) is 21.5 Å². The van der Waals surface area contributed by atoms with Crippen LogP contribution in [-0.4, -0.2) is 20.9 Å². The van der Waals surface area contributed by atoms with Crippen LogP contribution in [0.2, 0.25) is 0 Å². The Hall–Kier alpha value is -2.30. The third-order valence-corrected chi connectivity index (χ3v) is 3.11. The predicted octanol–water partition coefficient (Wildman–Crippen LogP) is 1.98. The molecule has 2 rings (SSSR count). The zero-order valence-electron chi connectivity index (χ0n) is 10.6. The summed E-state index contributed by atoms with van der Waals surface area (Å²) in [7, 11) is 1.75. The fourth-order valence-corrected chi connectivity index (χ4v) is 1.86. The van der Waals surface area contributed by atoms with Gasteiger partial charge in [0.05, 0.1) is 11.3 Å². The largest absolute Gasteiger partial charge is 0.478 e. The minimum absolute atomic E-state index is 0.261. The molecule has 94 valence electrons. The number of nitrogen functional groups attached to an aromatic ring is 1. The van der Waals surface area contributed by atoms with Gasteiger partial charge in [0.2, 0.25) is 0 Å². The summed E-state index contributed by atoms with van der Waals surface area (Å²) in [6.07, 6.45) is 0. The van der Waals surface area contributed by atoms with Crippen LogP contribution in [0.25, 0.3) is 11.3 Å². The SMILES string of the molecule is Cc1cc(C(=O)O)cc(-c2cc(N)n(C)n2)c1C. The average Bonchev–Trinajstić information content (AvgIpc) is 2.62. The highest BCUT2D eigenvalue weighted by Crippen LogP contribution is 2.27. The number of aromatic carboxylic acids is 1. The Morgan fingerprint density at radius 2 is 2.00 bits per heavy atom. The number of carboxylic acid groups (broad SMARTS) is 1. The molecule has 0 amide bonds. The number of benzene rings is 1. The van der Waals surface area contributed by atoms with Gasteiger partial charge < -0.3 is 10.8 Å². The maximum atomic E-state index is 11.1. The summed E-state index contributed by atoms with van der Waals surface area (Å²) in [5.74, 6) is -0.397. The Bertz CT molecular complexity index is 610. The van der Waals surface area contributed by atoms with E-state index in [0.717, 1.165) is 16.7 Å². The van der Waals surface area contributed by atoms with Crippen molar-refractivity contribution in [2.24, 2.45) is 7.05 Å². The Kier molecular flexibility index (Phi) is 2.82. The second-order valence-corrected chi connectivity index (χ2v) is 4.35. The minimum Gasteiger partial charge on any atom is -0.478 e. The fraction of sp³-hybridized carbons (Fsp3) is 0.231. The summed E-state index contributed by atoms with van der Waals surface area (Å²) in [5.41, 5.74) is 9.45. The summed E-state index contributed by atoms with van der Waals surface area (Å²) < 4.78 is 1.57. The molecule has 0 spiro atoms. The third kappa shape index (κ3) is 1.95. The van der Waals surface area contributed by atoms with Gasteiger partial charge in [-0.05, 0) is 37.1 Å². The lowest BCUT2D eigenvalue weighted by Crippen LogP contribution is -2.00. The minimum atomic E-state index is -0.941. The summed E-state index contributed by atoms with van der Waals surface area (Å²) >= 11 is 0. The van der Waals surface area contributed by atoms with E-state index in [9.17, 15) is 4.79 Å². The van der Waals surface area contributed by atoms with E-state index in [1.165, 1.54) is 0 Å². The number of hydrogen-bond donors (Lipinski definition) is 2. The van der Waals surface area contributed by atoms with Crippen LogP contribution in [-0.2, 0) is 7.05 Å². The van der Waals surface area contributed by atoms with Crippen LogP contribution in [0.3, 0.4) is 0 Å². The number of aryl methyl sites for hydroxylation is 2. The molecule has 0 fully saturated rings. The zero-order chi connectivity index (χ0) is 13.4. The van der Waals surface area contributed by atoms with Crippen LogP contribution < -0.4 is 5.73 Å². The van der Waals surface area contributed by atoms with Gasteiger partial charge in [0.1, 0.15) is 5.82 Å². The molecule has 5 heteroatoms. The first-order chi connectivity index (χ1) is 8.40. The summed E-state index contributed by atoms with van der Waals surface area (Å²) in [6, 6.07) is 5.04. The smallest absolute Gasteiger partial charge is 0.335 e. The molecule has 1 aromatic carbocycles. The number of aromatic nitrogens is 2. The second kappa shape index (κ2) is 4.18. The van der Waals surface area contributed by atoms with E-state index in [0.29, 0.717) is 11.5 Å². The number of nitrogens with zero attached hydrogens (tertiary/aromatic N) is 2. The topological polar surface area (TPSA) is 81.1 Å². The van der Waals surface area contributed by atoms with Gasteiger partial charge in [0.25, 0.3) is 0 Å². The molecule has 0 radical (unpaired) electrons. The van der Waals surface area contributed by atoms with E-state index < -0.39 is 5.97 Å². The molecule has 0 saturated carbocycles. The van der Waals surface area contributed by atoms with E-state index >= 15 is 0 Å². The number of rotatable bonds is 2. The maximum Gasteiger partial charge on any atom is 0.335 e. The number of carbonyl (C=O) groups is 1. The Balaban J connectivity index is 2.66. The molecule has 0 atom stereocenters. The molecule has 0 unspecified atom stereocenters. The molecule has 0 aliphatic carbocycles. The molecule has 3 N–H and O–H groups in total. The van der Waals surface area contributed by atoms with Crippen molar-refractivity contribution < 1.29 is 9.90 Å². The van der Waals surface area contributed by atoms with E-state index in [1.807, 2.05) is 13.8 Å². The monoisotopic (exact) mass is 245 g/mol. The Morgan fingerprint density at radius 3 is 2.50 bits per heavy atom. The molecule has 0 bridgehead atoms. The van der Waals surface area contributed by atoms with E-state index in [1.54, 1.807) is 29.9 Å². The van der Waals surface area contributed by atoms with Crippen molar-refractivity contribution in [2.45, 2.75) is 13.8 Å². The summed E-state index contributed by atoms with van der Waals surface area (Å²) in [5, 5.41) is 13.4. The van der Waals surface area contributed by atoms with Crippen LogP contribution in [0.4, 0.5) is 5.82 Å². The number of carboxylic acids is 1. The third-order valence-electron chi connectivity index (χ3n) is 3.11. The van der Waals surface area contributed by atoms with Crippen LogP contribution >= 0.6 is 0 Å². The molecule has 18 heavy (non-hydrogen) atoms. The van der Waals surface area contributed by atoms with Crippen molar-refractivity contribution in [1.29, 1.82) is 0 Å². The van der Waals surface area contributed by atoms with Crippen molar-refractivity contribution in [3.05, 3.63) is 34.9 Å². The van der Waals surface area contributed by atoms with Gasteiger partial charge in [-0.3, -0.25) is 4.68 Å². The van der Waals surface area contributed by atoms with Gasteiger partial charge in [-0.25, -0.2) is 4.79 Å². The lowest BCUT2D eigenvalue weighted by molar-refractivity contribution is 0.0697. The molecule has 0 aliphatic rings. The van der Waals surface area contributed by atoms with Gasteiger partial charge in [-0.1, -0.05) is 0 Å². The van der Waals surface area contributed by atoms with Crippen LogP contribution in [0.5, 0.6) is 0 Å². The predicted molar refractivity (Wildman–Crippen MR) is 69.5 cm³/mol. The van der Waals surface area contributed by atoms with Crippen LogP contribution in [0.15, 0.2) is 18.2 Å². The van der Waals surface area contributed by atoms with E-state index in [2.05, 4.69) is 5.10 Å². The number of hydrogen-bond acceptors (Lipinski definition) is 3. The number of anilines is 1. The second-order valence-electron chi connectivity index (χ2n) is 4.35. The molecule has 1 aromatic heterocycles. The normalized spacial score (nSPS) is 10.6. The maximum absolute atomic E-state index is 11.1. The van der Waals surface area contributed by atoms with Gasteiger partial charge in [-0.2, -0.15) is 5.10 Å². The molecule has 0 saturated heterocycles. The van der Waals surface area contributed by atoms with Crippen molar-refractivity contribution in [2.75, 3.05) is 5.73 Å². The summed E-state index contributed by atoms with van der Waals surface area (Å²) in [6.45, 7) is 3.83. The van der Waals surface area contributed by atoms with Gasteiger partial charge in [0, 0.05) is 18.7 Å². The fourth-order valence-electron chi connectivity index (χ4n) is 1.86. The number of nitrogens with two attached hydrogens (primary N) is 1. The first-order valence-corrected chi connectivity index (χ1v) is 5.54. The molecule has 1 heterocycles. The molecule has 0 aliphatic heterocycles. The molecule has 5 nitrogen and oxygen atoms in total. The van der Waals surface area contributed by atoms with Crippen molar-refractivity contribution in [1.82, 2.24) is 9.78 Å². The first kappa shape index (κ1) is 12.2. The van der Waals surface area contributed by atoms with Crippen molar-refractivity contribution in [3.8, 4) is 11.3 Å². The highest BCUT2D eigenvalue weighted by molar-refractivity contribution is 5.90. The molecule has 2 aromatic rings. The highest BCUT2D eigenvalue weighted by Gasteiger charge is 2.13. The Labute approximate surface area is 105 Å². The quantitative estimate of drug-likeness (QED) is 0.847. The van der Waals surface area contributed by atoms with Crippen molar-refractivity contribution >= 4 is 11.8 Å². The molecular formula is C13H15N3O2. The van der Waals surface area contributed by atoms with E-state index in [4.69, 9.17) is 10.8 Å². The van der Waals surface area contributed by atoms with Gasteiger partial charge in [0.15, 0.2) is 0 Å². The van der Waals surface area contributed by atoms with Crippen LogP contribution in [0, 0.1) is 13.8 Å². The zero-order valence-corrected chi connectivity index (χ0v) is 10.6. The van der Waals surface area contributed by atoms with Gasteiger partial charge in [-0.15, -0.1) is 0 Å². The highest BCUT2D eigenvalue weighted by atomic mass is 16.4.